The maximum atomic E-state index is 2.89. The summed E-state index contributed by atoms with van der Waals surface area (Å²) in [5, 5.41) is 1.57. The van der Waals surface area contributed by atoms with E-state index in [1.807, 2.05) is 0 Å². The summed E-state index contributed by atoms with van der Waals surface area (Å²) in [7, 11) is 3.00. The third kappa shape index (κ3) is 1.44. The molecule has 0 spiro atoms. The molecule has 10 heavy (non-hydrogen) atoms. The molecule has 0 bridgehead atoms. The quantitative estimate of drug-likeness (QED) is 0.601. The van der Waals surface area contributed by atoms with Crippen molar-refractivity contribution in [3.05, 3.63) is 17.4 Å². The van der Waals surface area contributed by atoms with E-state index in [-0.39, 0.29) is 7.53 Å². The van der Waals surface area contributed by atoms with Gasteiger partial charge in [-0.25, -0.2) is 0 Å². The Morgan fingerprint density at radius 2 is 2.20 bits per heavy atom. The van der Waals surface area contributed by atoms with Crippen LogP contribution in [0.4, 0.5) is 0 Å². The van der Waals surface area contributed by atoms with Crippen molar-refractivity contribution < 1.29 is 0 Å². The van der Waals surface area contributed by atoms with Gasteiger partial charge < -0.3 is 0 Å². The van der Waals surface area contributed by atoms with Crippen molar-refractivity contribution in [2.24, 2.45) is 0 Å². The van der Waals surface area contributed by atoms with Gasteiger partial charge in [-0.3, -0.25) is 0 Å². The SMILES string of the molecule is CCc1ccp(CC)c1P. The predicted molar refractivity (Wildman–Crippen MR) is 53.5 cm³/mol. The smallest absolute Gasteiger partial charge is 0.00782 e. The molecule has 0 N–H and O–H groups in total. The van der Waals surface area contributed by atoms with Gasteiger partial charge in [0.05, 0.1) is 0 Å². The Labute approximate surface area is 66.3 Å². The molecule has 1 rings (SSSR count). The highest BCUT2D eigenvalue weighted by Gasteiger charge is 2.00. The predicted octanol–water partition coefficient (Wildman–Crippen LogP) is 2.76. The Bertz CT molecular complexity index is 192. The molecule has 1 aromatic heterocycles. The van der Waals surface area contributed by atoms with Crippen LogP contribution in [0.1, 0.15) is 19.4 Å². The van der Waals surface area contributed by atoms with Gasteiger partial charge in [-0.2, -0.15) is 0 Å². The first-order valence-electron chi connectivity index (χ1n) is 3.73. The van der Waals surface area contributed by atoms with E-state index in [1.54, 1.807) is 5.04 Å². The summed E-state index contributed by atoms with van der Waals surface area (Å²) in [6, 6.07) is 2.29. The van der Waals surface area contributed by atoms with E-state index in [1.165, 1.54) is 18.1 Å². The van der Waals surface area contributed by atoms with Crippen LogP contribution in [0, 0.1) is 0 Å². The van der Waals surface area contributed by atoms with Crippen LogP contribution < -0.4 is 5.04 Å². The van der Waals surface area contributed by atoms with Gasteiger partial charge in [0, 0.05) is 0 Å². The number of hydrogen-bond donors (Lipinski definition) is 0. The van der Waals surface area contributed by atoms with Crippen molar-refractivity contribution in [3.63, 3.8) is 0 Å². The lowest BCUT2D eigenvalue weighted by molar-refractivity contribution is 1.17. The molecule has 0 saturated heterocycles. The maximum Gasteiger partial charge on any atom is -0.00782 e. The average molecular weight is 172 g/mol. The minimum Gasteiger partial charge on any atom is -0.118 e. The normalized spacial score (nSPS) is 12.1. The van der Waals surface area contributed by atoms with Crippen molar-refractivity contribution >= 4 is 21.8 Å². The van der Waals surface area contributed by atoms with Crippen molar-refractivity contribution in [3.8, 4) is 0 Å². The molecule has 2 heteroatoms. The second-order valence-corrected chi connectivity index (χ2v) is 5.78. The first kappa shape index (κ1) is 8.31. The highest BCUT2D eigenvalue weighted by atomic mass is 31.1. The molecule has 2 unspecified atom stereocenters. The van der Waals surface area contributed by atoms with Crippen LogP contribution in [-0.2, 0) is 12.6 Å². The summed E-state index contributed by atoms with van der Waals surface area (Å²) in [5.74, 6) is 2.37. The zero-order chi connectivity index (χ0) is 7.56. The van der Waals surface area contributed by atoms with Gasteiger partial charge in [0.25, 0.3) is 0 Å². The monoisotopic (exact) mass is 172 g/mol. The third-order valence-electron chi connectivity index (χ3n) is 1.82. The Balaban J connectivity index is 2.97. The number of hydrogen-bond acceptors (Lipinski definition) is 0. The van der Waals surface area contributed by atoms with E-state index in [4.69, 9.17) is 0 Å². The van der Waals surface area contributed by atoms with Crippen LogP contribution in [0.5, 0.6) is 0 Å². The van der Waals surface area contributed by atoms with Gasteiger partial charge in [-0.05, 0) is 29.0 Å². The number of rotatable bonds is 2. The first-order valence-corrected chi connectivity index (χ1v) is 5.90. The maximum absolute atomic E-state index is 2.89. The molecule has 0 aliphatic rings. The van der Waals surface area contributed by atoms with E-state index < -0.39 is 0 Å². The lowest BCUT2D eigenvalue weighted by Crippen LogP contribution is -1.91. The van der Waals surface area contributed by atoms with Crippen LogP contribution in [0.2, 0.25) is 0 Å². The van der Waals surface area contributed by atoms with Gasteiger partial charge in [-0.1, -0.05) is 19.9 Å². The van der Waals surface area contributed by atoms with E-state index in [2.05, 4.69) is 35.0 Å². The molecule has 0 fully saturated rings. The van der Waals surface area contributed by atoms with E-state index in [0.717, 1.165) is 0 Å². The highest BCUT2D eigenvalue weighted by Crippen LogP contribution is 2.30. The second kappa shape index (κ2) is 3.56. The molecule has 0 saturated carbocycles. The minimum atomic E-state index is 0.113. The zero-order valence-electron chi connectivity index (χ0n) is 6.59. The molecule has 1 aromatic rings. The molecular weight excluding hydrogens is 158 g/mol. The molecule has 0 aliphatic heterocycles. The summed E-state index contributed by atoms with van der Waals surface area (Å²) in [6.07, 6.45) is 2.49. The molecule has 0 radical (unpaired) electrons. The highest BCUT2D eigenvalue weighted by molar-refractivity contribution is 7.63. The van der Waals surface area contributed by atoms with E-state index in [0.29, 0.717) is 0 Å². The Morgan fingerprint density at radius 1 is 1.50 bits per heavy atom. The average Bonchev–Trinajstić information content (AvgIpc) is 2.30. The van der Waals surface area contributed by atoms with Crippen molar-refractivity contribution in [2.75, 3.05) is 0 Å². The van der Waals surface area contributed by atoms with Crippen LogP contribution >= 0.6 is 16.8 Å². The third-order valence-corrected chi connectivity index (χ3v) is 5.28. The molecule has 1 heterocycles. The van der Waals surface area contributed by atoms with Gasteiger partial charge in [0.15, 0.2) is 0 Å². The summed E-state index contributed by atoms with van der Waals surface area (Å²) < 4.78 is 0. The van der Waals surface area contributed by atoms with Crippen LogP contribution in [0.3, 0.4) is 0 Å². The molecule has 0 nitrogen and oxygen atoms in total. The summed E-state index contributed by atoms with van der Waals surface area (Å²) in [6.45, 7) is 4.48. The minimum absolute atomic E-state index is 0.113. The van der Waals surface area contributed by atoms with Crippen LogP contribution in [0.15, 0.2) is 11.9 Å². The summed E-state index contributed by atoms with van der Waals surface area (Å²) in [5.41, 5.74) is 1.54. The van der Waals surface area contributed by atoms with Gasteiger partial charge >= 0.3 is 0 Å². The standard InChI is InChI=1S/C8H14P2/c1-3-7-5-6-10(4-2)8(7)9/h5-6H,3-4,9H2,1-2H3. The van der Waals surface area contributed by atoms with Crippen LogP contribution in [0.25, 0.3) is 0 Å². The number of aryl methyl sites for hydroxylation is 2. The van der Waals surface area contributed by atoms with Crippen LogP contribution in [-0.4, -0.2) is 0 Å². The largest absolute Gasteiger partial charge is 0.118 e. The molecule has 0 aromatic carbocycles. The van der Waals surface area contributed by atoms with Gasteiger partial charge in [-0.15, -0.1) is 16.8 Å². The van der Waals surface area contributed by atoms with Gasteiger partial charge in [0.1, 0.15) is 0 Å². The Kier molecular flexibility index (Phi) is 2.96. The zero-order valence-corrected chi connectivity index (χ0v) is 8.64. The van der Waals surface area contributed by atoms with Crippen molar-refractivity contribution in [1.29, 1.82) is 0 Å². The van der Waals surface area contributed by atoms with Crippen molar-refractivity contribution in [1.82, 2.24) is 0 Å². The molecule has 0 amide bonds. The molecular formula is C8H14P2. The lowest BCUT2D eigenvalue weighted by Gasteiger charge is -1.96. The first-order chi connectivity index (χ1) is 4.79. The lowest BCUT2D eigenvalue weighted by atomic mass is 10.3. The van der Waals surface area contributed by atoms with Crippen molar-refractivity contribution in [2.45, 2.75) is 26.4 Å². The molecule has 0 aliphatic carbocycles. The van der Waals surface area contributed by atoms with E-state index in [9.17, 15) is 0 Å². The van der Waals surface area contributed by atoms with Gasteiger partial charge in [0.2, 0.25) is 0 Å². The molecule has 2 atom stereocenters. The fraction of sp³-hybridized carbons (Fsp3) is 0.500. The Hall–Kier alpha value is 0.210. The topological polar surface area (TPSA) is 0 Å². The fourth-order valence-electron chi connectivity index (χ4n) is 1.10. The fourth-order valence-corrected chi connectivity index (χ4v) is 3.88. The summed E-state index contributed by atoms with van der Waals surface area (Å²) in [4.78, 5) is 0. The second-order valence-electron chi connectivity index (χ2n) is 2.37. The molecule has 56 valence electrons. The Morgan fingerprint density at radius 3 is 2.50 bits per heavy atom. The van der Waals surface area contributed by atoms with E-state index >= 15 is 0 Å². The summed E-state index contributed by atoms with van der Waals surface area (Å²) >= 11 is 0.